The molecule has 1 unspecified atom stereocenters. The number of aromatic nitrogens is 5. The minimum atomic E-state index is -4.61. The molecule has 1 aromatic carbocycles. The molecule has 6 rings (SSSR count). The molecule has 0 aliphatic carbocycles. The van der Waals surface area contributed by atoms with Crippen LogP contribution in [0.15, 0.2) is 53.8 Å². The highest BCUT2D eigenvalue weighted by molar-refractivity contribution is 5.58. The fraction of sp³-hybridized carbons (Fsp3) is 0.483. The average molecular weight is 570 g/mol. The zero-order valence-electron chi connectivity index (χ0n) is 23.4. The van der Waals surface area contributed by atoms with Gasteiger partial charge in [-0.25, -0.2) is 4.79 Å². The summed E-state index contributed by atoms with van der Waals surface area (Å²) in [5.74, 6) is 1.22. The zero-order chi connectivity index (χ0) is 28.9. The number of rotatable bonds is 7. The Bertz CT molecular complexity index is 1600. The number of benzene rings is 1. The second kappa shape index (κ2) is 10.7. The van der Waals surface area contributed by atoms with Gasteiger partial charge in [-0.3, -0.25) is 18.8 Å². The Hall–Kier alpha value is -3.48. The predicted octanol–water partition coefficient (Wildman–Crippen LogP) is 3.89. The molecule has 2 saturated heterocycles. The fourth-order valence-corrected chi connectivity index (χ4v) is 6.17. The van der Waals surface area contributed by atoms with Crippen LogP contribution in [0.25, 0.3) is 11.2 Å². The Labute approximate surface area is 235 Å². The molecule has 0 saturated carbocycles. The van der Waals surface area contributed by atoms with Gasteiger partial charge in [0.1, 0.15) is 6.33 Å². The predicted molar refractivity (Wildman–Crippen MR) is 147 cm³/mol. The van der Waals surface area contributed by atoms with Crippen molar-refractivity contribution >= 4 is 5.52 Å². The molecule has 0 bridgehead atoms. The number of nitrogens with zero attached hydrogens (tertiary/aromatic N) is 7. The van der Waals surface area contributed by atoms with Gasteiger partial charge in [-0.2, -0.15) is 13.2 Å². The molecule has 9 nitrogen and oxygen atoms in total. The number of piperidine rings is 1. The summed E-state index contributed by atoms with van der Waals surface area (Å²) < 4.78 is 52.6. The van der Waals surface area contributed by atoms with Crippen LogP contribution in [0.2, 0.25) is 0 Å². The van der Waals surface area contributed by atoms with Crippen molar-refractivity contribution in [2.75, 3.05) is 33.3 Å². The quantitative estimate of drug-likeness (QED) is 0.336. The smallest absolute Gasteiger partial charge is 0.379 e. The van der Waals surface area contributed by atoms with Gasteiger partial charge in [0.15, 0.2) is 5.82 Å². The van der Waals surface area contributed by atoms with E-state index in [0.717, 1.165) is 41.7 Å². The lowest BCUT2D eigenvalue weighted by Crippen LogP contribution is -2.53. The lowest BCUT2D eigenvalue weighted by Gasteiger charge is -2.43. The monoisotopic (exact) mass is 569 g/mol. The van der Waals surface area contributed by atoms with Gasteiger partial charge in [0.05, 0.1) is 28.9 Å². The summed E-state index contributed by atoms with van der Waals surface area (Å²) in [7, 11) is 3.55. The number of aryl methyl sites for hydroxylation is 1. The third-order valence-corrected chi connectivity index (χ3v) is 8.31. The molecular weight excluding hydrogens is 535 g/mol. The maximum absolute atomic E-state index is 14.3. The average Bonchev–Trinajstić information content (AvgIpc) is 3.47. The topological polar surface area (TPSA) is 72.8 Å². The molecule has 4 aromatic rings. The number of imidazole rings is 1. The second-order valence-electron chi connectivity index (χ2n) is 11.4. The number of alkyl halides is 3. The Morgan fingerprint density at radius 3 is 2.63 bits per heavy atom. The molecule has 12 heteroatoms. The first-order valence-corrected chi connectivity index (χ1v) is 13.9. The highest BCUT2D eigenvalue weighted by Gasteiger charge is 2.37. The molecule has 2 aliphatic heterocycles. The zero-order valence-corrected chi connectivity index (χ0v) is 23.4. The maximum atomic E-state index is 14.3. The van der Waals surface area contributed by atoms with Gasteiger partial charge >= 0.3 is 11.9 Å². The van der Waals surface area contributed by atoms with Crippen LogP contribution in [0.3, 0.4) is 0 Å². The van der Waals surface area contributed by atoms with Crippen molar-refractivity contribution in [2.24, 2.45) is 13.0 Å². The van der Waals surface area contributed by atoms with E-state index < -0.39 is 17.4 Å². The van der Waals surface area contributed by atoms with Crippen molar-refractivity contribution in [3.63, 3.8) is 0 Å². The fourth-order valence-electron chi connectivity index (χ4n) is 6.17. The van der Waals surface area contributed by atoms with Gasteiger partial charge in [0.2, 0.25) is 0 Å². The first-order chi connectivity index (χ1) is 19.6. The van der Waals surface area contributed by atoms with Crippen LogP contribution in [-0.2, 0) is 24.5 Å². The number of ether oxygens (including phenoxy) is 1. The van der Waals surface area contributed by atoms with E-state index in [2.05, 4.69) is 26.9 Å². The minimum absolute atomic E-state index is 0.108. The van der Waals surface area contributed by atoms with Crippen LogP contribution in [-0.4, -0.2) is 72.9 Å². The number of hydrogen-bond donors (Lipinski definition) is 0. The van der Waals surface area contributed by atoms with Crippen LogP contribution in [0.4, 0.5) is 13.2 Å². The van der Waals surface area contributed by atoms with E-state index in [4.69, 9.17) is 4.74 Å². The maximum Gasteiger partial charge on any atom is 0.418 e. The summed E-state index contributed by atoms with van der Waals surface area (Å²) in [6, 6.07) is 8.24. The van der Waals surface area contributed by atoms with E-state index in [1.165, 1.54) is 16.8 Å². The van der Waals surface area contributed by atoms with Crippen molar-refractivity contribution in [2.45, 2.75) is 44.6 Å². The first-order valence-electron chi connectivity index (χ1n) is 13.9. The summed E-state index contributed by atoms with van der Waals surface area (Å²) in [4.78, 5) is 18.0. The van der Waals surface area contributed by atoms with Crippen molar-refractivity contribution in [1.82, 2.24) is 33.5 Å². The Morgan fingerprint density at radius 2 is 1.95 bits per heavy atom. The third-order valence-electron chi connectivity index (χ3n) is 8.31. The SMILES string of the molecule is COC1CN(C(c2cccc(-n3cc4c(C(F)(F)F)cc(CN5CCC[C@H](C)C5)cn4c3=O)c2)c2nncn2C)C1. The van der Waals surface area contributed by atoms with E-state index >= 15 is 0 Å². The van der Waals surface area contributed by atoms with Gasteiger partial charge < -0.3 is 9.30 Å². The van der Waals surface area contributed by atoms with Crippen molar-refractivity contribution < 1.29 is 17.9 Å². The van der Waals surface area contributed by atoms with Gasteiger partial charge in [0.25, 0.3) is 0 Å². The summed E-state index contributed by atoms with van der Waals surface area (Å²) in [5, 5.41) is 8.38. The largest absolute Gasteiger partial charge is 0.418 e. The Kier molecular flexibility index (Phi) is 7.25. The van der Waals surface area contributed by atoms with E-state index in [9.17, 15) is 18.0 Å². The van der Waals surface area contributed by atoms with E-state index in [1.54, 1.807) is 25.7 Å². The third kappa shape index (κ3) is 5.31. The van der Waals surface area contributed by atoms with E-state index in [1.807, 2.05) is 29.8 Å². The Balaban J connectivity index is 1.41. The van der Waals surface area contributed by atoms with Crippen molar-refractivity contribution in [3.05, 3.63) is 82.1 Å². The Morgan fingerprint density at radius 1 is 1.15 bits per heavy atom. The van der Waals surface area contributed by atoms with Crippen LogP contribution >= 0.6 is 0 Å². The first kappa shape index (κ1) is 27.7. The number of likely N-dealkylation sites (tertiary alicyclic amines) is 2. The molecule has 0 amide bonds. The summed E-state index contributed by atoms with van der Waals surface area (Å²) >= 11 is 0. The van der Waals surface area contributed by atoms with E-state index in [-0.39, 0.29) is 17.7 Å². The van der Waals surface area contributed by atoms with Gasteiger partial charge in [-0.1, -0.05) is 19.1 Å². The van der Waals surface area contributed by atoms with Crippen LogP contribution in [0.5, 0.6) is 0 Å². The molecule has 0 spiro atoms. The molecule has 218 valence electrons. The molecule has 2 aliphatic rings. The standard InChI is InChI=1S/C29H34F3N7O2/c1-19-6-5-9-36(12-19)13-20-10-24(29(30,31)32)25-17-38(28(40)39(25)14-20)22-8-4-7-21(11-22)26(27-34-33-18-35(27)2)37-15-23(16-37)41-3/h4,7-8,10-11,14,17-19,23,26H,5-6,9,12-13,15-16H2,1-3H3/t19-,26?/m0/s1. The van der Waals surface area contributed by atoms with E-state index in [0.29, 0.717) is 36.8 Å². The molecule has 0 radical (unpaired) electrons. The normalized spacial score (nSPS) is 20.0. The molecule has 2 atom stereocenters. The summed E-state index contributed by atoms with van der Waals surface area (Å²) in [6.07, 6.45) is 2.11. The van der Waals surface area contributed by atoms with Crippen LogP contribution in [0, 0.1) is 5.92 Å². The molecule has 2 fully saturated rings. The summed E-state index contributed by atoms with van der Waals surface area (Å²) in [5.41, 5.74) is 0.280. The number of methoxy groups -OCH3 is 1. The molecule has 0 N–H and O–H groups in total. The lowest BCUT2D eigenvalue weighted by molar-refractivity contribution is -0.136. The number of fused-ring (bicyclic) bond motifs is 1. The minimum Gasteiger partial charge on any atom is -0.379 e. The molecule has 5 heterocycles. The lowest BCUT2D eigenvalue weighted by atomic mass is 9.99. The van der Waals surface area contributed by atoms with Crippen molar-refractivity contribution in [3.8, 4) is 5.69 Å². The van der Waals surface area contributed by atoms with Crippen molar-refractivity contribution in [1.29, 1.82) is 0 Å². The highest BCUT2D eigenvalue weighted by atomic mass is 19.4. The van der Waals surface area contributed by atoms with Crippen LogP contribution in [0.1, 0.15) is 48.3 Å². The van der Waals surface area contributed by atoms with Gasteiger partial charge in [-0.15, -0.1) is 10.2 Å². The van der Waals surface area contributed by atoms with Gasteiger partial charge in [-0.05, 0) is 54.6 Å². The highest BCUT2D eigenvalue weighted by Crippen LogP contribution is 2.35. The number of pyridine rings is 1. The second-order valence-corrected chi connectivity index (χ2v) is 11.4. The number of halogens is 3. The van der Waals surface area contributed by atoms with Gasteiger partial charge in [0, 0.05) is 52.7 Å². The summed E-state index contributed by atoms with van der Waals surface area (Å²) in [6.45, 7) is 5.58. The molecular formula is C29H34F3N7O2. The molecule has 3 aromatic heterocycles. The molecule has 41 heavy (non-hydrogen) atoms. The van der Waals surface area contributed by atoms with Crippen LogP contribution < -0.4 is 5.69 Å². The number of hydrogen-bond acceptors (Lipinski definition) is 6.